The topological polar surface area (TPSA) is 42.0 Å². The van der Waals surface area contributed by atoms with Crippen LogP contribution in [0.25, 0.3) is 0 Å². The van der Waals surface area contributed by atoms with Crippen molar-refractivity contribution in [3.05, 3.63) is 24.3 Å². The van der Waals surface area contributed by atoms with Gasteiger partial charge in [-0.15, -0.1) is 0 Å². The van der Waals surface area contributed by atoms with Crippen LogP contribution in [0.3, 0.4) is 0 Å². The molecule has 0 aromatic heterocycles. The Morgan fingerprint density at radius 2 is 1.39 bits per heavy atom. The van der Waals surface area contributed by atoms with Gasteiger partial charge in [0.05, 0.1) is 24.9 Å². The highest BCUT2D eigenvalue weighted by molar-refractivity contribution is 5.49. The summed E-state index contributed by atoms with van der Waals surface area (Å²) in [4.78, 5) is 18.3. The van der Waals surface area contributed by atoms with Crippen molar-refractivity contribution < 1.29 is 14.4 Å². The molecule has 0 unspecified atom stereocenters. The average molecular weight is 533 g/mol. The van der Waals surface area contributed by atoms with E-state index in [0.29, 0.717) is 32.3 Å². The molecular weight excluding hydrogens is 472 g/mol. The lowest BCUT2D eigenvalue weighted by Gasteiger charge is -2.22. The third-order valence-electron chi connectivity index (χ3n) is 7.30. The van der Waals surface area contributed by atoms with Crippen molar-refractivity contribution in [2.24, 2.45) is 11.8 Å². The van der Waals surface area contributed by atoms with Gasteiger partial charge in [0.1, 0.15) is 5.75 Å². The van der Waals surface area contributed by atoms with Gasteiger partial charge in [0, 0.05) is 13.1 Å². The normalized spacial score (nSPS) is 18.0. The molecule has 0 bridgehead atoms. The van der Waals surface area contributed by atoms with Crippen LogP contribution in [0.15, 0.2) is 24.3 Å². The first-order valence-electron chi connectivity index (χ1n) is 15.8. The van der Waals surface area contributed by atoms with E-state index in [-0.39, 0.29) is 0 Å². The summed E-state index contributed by atoms with van der Waals surface area (Å²) in [5.41, 5.74) is 0.993. The van der Waals surface area contributed by atoms with E-state index in [0.717, 1.165) is 55.4 Å². The number of hydrogen-bond donors (Lipinski definition) is 0. The zero-order chi connectivity index (χ0) is 28.0. The van der Waals surface area contributed by atoms with Gasteiger partial charge in [0.2, 0.25) is 6.41 Å². The predicted octanol–water partition coefficient (Wildman–Crippen LogP) is 9.05. The van der Waals surface area contributed by atoms with Crippen molar-refractivity contribution in [1.82, 2.24) is 4.90 Å². The van der Waals surface area contributed by atoms with Crippen molar-refractivity contribution in [2.45, 2.75) is 131 Å². The summed E-state index contributed by atoms with van der Waals surface area (Å²) < 4.78 is 6.08. The van der Waals surface area contributed by atoms with Gasteiger partial charge in [-0.2, -0.15) is 0 Å². The van der Waals surface area contributed by atoms with Crippen LogP contribution in [0.1, 0.15) is 125 Å². The second-order valence-electron chi connectivity index (χ2n) is 11.4. The van der Waals surface area contributed by atoms with Crippen molar-refractivity contribution in [2.75, 3.05) is 31.3 Å². The molecule has 0 radical (unpaired) electrons. The molecule has 1 aromatic rings. The van der Waals surface area contributed by atoms with E-state index >= 15 is 0 Å². The second kappa shape index (κ2) is 22.1. The van der Waals surface area contributed by atoms with Gasteiger partial charge in [-0.25, -0.2) is 0 Å². The van der Waals surface area contributed by atoms with Crippen LogP contribution in [-0.2, 0) is 9.63 Å². The fourth-order valence-corrected chi connectivity index (χ4v) is 4.68. The van der Waals surface area contributed by atoms with Gasteiger partial charge in [-0.1, -0.05) is 112 Å². The number of hydroxylamine groups is 1. The molecule has 1 saturated heterocycles. The van der Waals surface area contributed by atoms with Crippen LogP contribution in [-0.4, -0.2) is 43.7 Å². The Kier molecular flexibility index (Phi) is 19.9. The van der Waals surface area contributed by atoms with E-state index in [1.54, 1.807) is 4.90 Å². The Labute approximate surface area is 235 Å². The fraction of sp³-hybridized carbons (Fsp3) is 0.788. The van der Waals surface area contributed by atoms with E-state index in [1.807, 2.05) is 29.3 Å². The molecule has 3 aliphatic rings. The Balaban J connectivity index is 0.000000387. The zero-order valence-electron chi connectivity index (χ0n) is 25.8. The molecule has 0 N–H and O–H groups in total. The molecule has 0 spiro atoms. The third-order valence-corrected chi connectivity index (χ3v) is 7.30. The lowest BCUT2D eigenvalue weighted by Crippen LogP contribution is -2.29. The van der Waals surface area contributed by atoms with Crippen molar-refractivity contribution >= 4 is 12.1 Å². The summed E-state index contributed by atoms with van der Waals surface area (Å²) in [7, 11) is 0. The molecular formula is C33H60N2O3. The minimum atomic E-state index is 0.298. The minimum absolute atomic E-state index is 0.298. The molecule has 5 nitrogen and oxygen atoms in total. The fourth-order valence-electron chi connectivity index (χ4n) is 4.68. The van der Waals surface area contributed by atoms with E-state index in [1.165, 1.54) is 57.8 Å². The average Bonchev–Trinajstić information content (AvgIpc) is 3.16. The molecule has 1 aromatic carbocycles. The van der Waals surface area contributed by atoms with Gasteiger partial charge in [0.25, 0.3) is 0 Å². The lowest BCUT2D eigenvalue weighted by molar-refractivity contribution is -0.118. The zero-order valence-corrected chi connectivity index (χ0v) is 25.8. The second-order valence-corrected chi connectivity index (χ2v) is 11.4. The lowest BCUT2D eigenvalue weighted by atomic mass is 9.88. The molecule has 3 fully saturated rings. The van der Waals surface area contributed by atoms with Gasteiger partial charge < -0.3 is 9.64 Å². The van der Waals surface area contributed by atoms with Gasteiger partial charge in [-0.05, 0) is 48.9 Å². The smallest absolute Gasteiger partial charge is 0.209 e. The highest BCUT2D eigenvalue weighted by atomic mass is 16.7. The number of amides is 1. The number of benzene rings is 1. The summed E-state index contributed by atoms with van der Waals surface area (Å²) in [6.07, 6.45) is 18.8. The van der Waals surface area contributed by atoms with Gasteiger partial charge in [-0.3, -0.25) is 14.7 Å². The highest BCUT2D eigenvalue weighted by Crippen LogP contribution is 2.25. The molecule has 1 amide bonds. The Bertz CT molecular complexity index is 665. The van der Waals surface area contributed by atoms with E-state index in [2.05, 4.69) is 41.5 Å². The maximum atomic E-state index is 10.8. The molecule has 1 aliphatic heterocycles. The number of ether oxygens (including phenoxy) is 1. The highest BCUT2D eigenvalue weighted by Gasteiger charge is 2.15. The molecule has 2 saturated carbocycles. The Hall–Kier alpha value is -1.75. The molecule has 4 rings (SSSR count). The van der Waals surface area contributed by atoms with E-state index in [4.69, 9.17) is 9.57 Å². The van der Waals surface area contributed by atoms with Crippen molar-refractivity contribution in [3.63, 3.8) is 0 Å². The maximum absolute atomic E-state index is 10.8. The Morgan fingerprint density at radius 3 is 1.82 bits per heavy atom. The molecule has 220 valence electrons. The number of hydrogen-bond acceptors (Lipinski definition) is 4. The molecule has 1 heterocycles. The first kappa shape index (κ1) is 34.3. The van der Waals surface area contributed by atoms with Crippen molar-refractivity contribution in [1.29, 1.82) is 0 Å². The number of nitrogens with zero attached hydrogens (tertiary/aromatic N) is 2. The quantitative estimate of drug-likeness (QED) is 0.313. The van der Waals surface area contributed by atoms with Crippen LogP contribution in [0.5, 0.6) is 5.75 Å². The number of rotatable bonds is 8. The van der Waals surface area contributed by atoms with Crippen LogP contribution >= 0.6 is 0 Å². The summed E-state index contributed by atoms with van der Waals surface area (Å²) in [6, 6.07) is 8.03. The molecule has 5 heteroatoms. The van der Waals surface area contributed by atoms with Crippen LogP contribution in [0, 0.1) is 11.8 Å². The standard InChI is InChI=1S/C18H28N2O3.C7H14.C5H10.C3H8/c1-3-5-17(6-4-2)23-18-9-7-16(8-10-18)20-12-11-19(15-21)13-14-22-20;1-7-5-3-2-4-6-7;1-5-3-2-4-5;1-3-2/h7-10,15,17H,3-6,11-14H2,1-2H3;7H,2-6H2,1H3;5H,2-4H2,1H3;3H2,1-2H3. The summed E-state index contributed by atoms with van der Waals surface area (Å²) in [5, 5.41) is 1.85. The SMILES string of the molecule is CC1CCC1.CC1CCCCC1.CCC.CCCC(CCC)Oc1ccc(N2CCN(C=O)CCO2)cc1. The third kappa shape index (κ3) is 15.6. The van der Waals surface area contributed by atoms with E-state index < -0.39 is 0 Å². The first-order chi connectivity index (χ1) is 18.5. The monoisotopic (exact) mass is 532 g/mol. The first-order valence-corrected chi connectivity index (χ1v) is 15.8. The molecule has 0 atom stereocenters. The van der Waals surface area contributed by atoms with Crippen LogP contribution in [0.2, 0.25) is 0 Å². The van der Waals surface area contributed by atoms with Crippen molar-refractivity contribution in [3.8, 4) is 5.75 Å². The largest absolute Gasteiger partial charge is 0.490 e. The molecule has 2 aliphatic carbocycles. The maximum Gasteiger partial charge on any atom is 0.209 e. The Morgan fingerprint density at radius 1 is 0.842 bits per heavy atom. The summed E-state index contributed by atoms with van der Waals surface area (Å²) in [6.45, 7) is 15.8. The van der Waals surface area contributed by atoms with Crippen LogP contribution < -0.4 is 9.80 Å². The summed E-state index contributed by atoms with van der Waals surface area (Å²) >= 11 is 0. The summed E-state index contributed by atoms with van der Waals surface area (Å²) in [5.74, 6) is 3.01. The van der Waals surface area contributed by atoms with E-state index in [9.17, 15) is 4.79 Å². The number of carbonyl (C=O) groups is 1. The number of carbonyl (C=O) groups excluding carboxylic acids is 1. The van der Waals surface area contributed by atoms with Gasteiger partial charge in [0.15, 0.2) is 0 Å². The van der Waals surface area contributed by atoms with Crippen LogP contribution in [0.4, 0.5) is 5.69 Å². The van der Waals surface area contributed by atoms with Gasteiger partial charge >= 0.3 is 0 Å². The predicted molar refractivity (Wildman–Crippen MR) is 163 cm³/mol. The molecule has 38 heavy (non-hydrogen) atoms. The number of anilines is 1. The minimum Gasteiger partial charge on any atom is -0.490 e.